The molecular weight excluding hydrogens is 376 g/mol. The largest absolute Gasteiger partial charge is 0.482 e. The van der Waals surface area contributed by atoms with Crippen molar-refractivity contribution in [3.63, 3.8) is 0 Å². The molecule has 8 heteroatoms. The summed E-state index contributed by atoms with van der Waals surface area (Å²) in [7, 11) is 0. The molecule has 0 atom stereocenters. The van der Waals surface area contributed by atoms with Crippen molar-refractivity contribution in [1.82, 2.24) is 15.3 Å². The second-order valence-corrected chi connectivity index (χ2v) is 7.35. The van der Waals surface area contributed by atoms with Crippen LogP contribution in [0.4, 0.5) is 5.69 Å². The van der Waals surface area contributed by atoms with E-state index in [1.165, 1.54) is 11.3 Å². The highest BCUT2D eigenvalue weighted by atomic mass is 32.1. The third-order valence-corrected chi connectivity index (χ3v) is 5.15. The highest BCUT2D eigenvalue weighted by Crippen LogP contribution is 2.34. The Labute approximate surface area is 166 Å². The number of carbonyl (C=O) groups is 2. The summed E-state index contributed by atoms with van der Waals surface area (Å²) in [5.41, 5.74) is 3.04. The quantitative estimate of drug-likeness (QED) is 0.719. The third kappa shape index (κ3) is 3.86. The van der Waals surface area contributed by atoms with Crippen LogP contribution in [-0.4, -0.2) is 28.4 Å². The lowest BCUT2D eigenvalue weighted by Gasteiger charge is -2.28. The molecule has 0 bridgehead atoms. The second-order valence-electron chi connectivity index (χ2n) is 6.41. The summed E-state index contributed by atoms with van der Waals surface area (Å²) < 4.78 is 5.52. The number of nitrogens with zero attached hydrogens (tertiary/aromatic N) is 3. The maximum Gasteiger partial charge on any atom is 0.271 e. The van der Waals surface area contributed by atoms with E-state index in [9.17, 15) is 9.59 Å². The zero-order valence-electron chi connectivity index (χ0n) is 15.2. The fraction of sp³-hybridized carbons (Fsp3) is 0.200. The van der Waals surface area contributed by atoms with E-state index in [4.69, 9.17) is 4.74 Å². The van der Waals surface area contributed by atoms with Gasteiger partial charge in [0.15, 0.2) is 6.61 Å². The number of anilines is 1. The number of pyridine rings is 1. The molecule has 0 spiro atoms. The number of aryl methyl sites for hydroxylation is 1. The smallest absolute Gasteiger partial charge is 0.271 e. The molecule has 0 saturated carbocycles. The van der Waals surface area contributed by atoms with E-state index >= 15 is 0 Å². The van der Waals surface area contributed by atoms with Crippen LogP contribution < -0.4 is 15.0 Å². The van der Waals surface area contributed by atoms with Crippen molar-refractivity contribution in [2.45, 2.75) is 20.0 Å². The lowest BCUT2D eigenvalue weighted by atomic mass is 10.1. The average Bonchev–Trinajstić information content (AvgIpc) is 3.18. The molecule has 7 nitrogen and oxygen atoms in total. The molecule has 1 aromatic carbocycles. The molecule has 1 aliphatic heterocycles. The second kappa shape index (κ2) is 7.77. The van der Waals surface area contributed by atoms with E-state index in [-0.39, 0.29) is 18.4 Å². The van der Waals surface area contributed by atoms with Gasteiger partial charge in [-0.2, -0.15) is 0 Å². The number of hydrogen-bond acceptors (Lipinski definition) is 6. The number of carbonyl (C=O) groups excluding carboxylic acids is 2. The van der Waals surface area contributed by atoms with E-state index in [0.29, 0.717) is 29.5 Å². The third-order valence-electron chi connectivity index (χ3n) is 4.31. The lowest BCUT2D eigenvalue weighted by molar-refractivity contribution is -0.121. The molecular formula is C20H18N4O3S. The summed E-state index contributed by atoms with van der Waals surface area (Å²) >= 11 is 1.35. The van der Waals surface area contributed by atoms with Crippen LogP contribution in [-0.2, 0) is 17.9 Å². The number of amides is 2. The summed E-state index contributed by atoms with van der Waals surface area (Å²) in [5, 5.41) is 5.22. The molecule has 142 valence electrons. The zero-order valence-corrected chi connectivity index (χ0v) is 16.0. The first-order chi connectivity index (χ1) is 13.6. The summed E-state index contributed by atoms with van der Waals surface area (Å²) in [6, 6.07) is 9.43. The fourth-order valence-electron chi connectivity index (χ4n) is 2.88. The Morgan fingerprint density at radius 2 is 2.25 bits per heavy atom. The van der Waals surface area contributed by atoms with Crippen molar-refractivity contribution in [2.24, 2.45) is 0 Å². The number of rotatable bonds is 5. The predicted molar refractivity (Wildman–Crippen MR) is 105 cm³/mol. The number of thiazole rings is 1. The minimum Gasteiger partial charge on any atom is -0.482 e. The molecule has 0 radical (unpaired) electrons. The van der Waals surface area contributed by atoms with Gasteiger partial charge in [-0.3, -0.25) is 19.5 Å². The molecule has 1 aliphatic rings. The van der Waals surface area contributed by atoms with Gasteiger partial charge in [-0.25, -0.2) is 4.98 Å². The first-order valence-corrected chi connectivity index (χ1v) is 9.63. The van der Waals surface area contributed by atoms with Crippen LogP contribution in [0.5, 0.6) is 5.75 Å². The SMILES string of the molecule is Cc1ccc2c(c1)OCC(=O)N2Cc1nc(C(=O)NCc2cccnc2)cs1. The molecule has 0 unspecified atom stereocenters. The summed E-state index contributed by atoms with van der Waals surface area (Å²) in [6.07, 6.45) is 3.39. The Kier molecular flexibility index (Phi) is 5.03. The number of hydrogen-bond donors (Lipinski definition) is 1. The standard InChI is InChI=1S/C20H18N4O3S/c1-13-4-5-16-17(7-13)27-11-19(25)24(16)10-18-23-15(12-28-18)20(26)22-9-14-3-2-6-21-8-14/h2-8,12H,9-11H2,1H3,(H,22,26). The Morgan fingerprint density at radius 3 is 3.07 bits per heavy atom. The van der Waals surface area contributed by atoms with Gasteiger partial charge in [0, 0.05) is 24.3 Å². The molecule has 0 aliphatic carbocycles. The highest BCUT2D eigenvalue weighted by molar-refractivity contribution is 7.09. The van der Waals surface area contributed by atoms with Crippen LogP contribution in [0.1, 0.15) is 26.6 Å². The Bertz CT molecular complexity index is 1020. The van der Waals surface area contributed by atoms with E-state index in [1.54, 1.807) is 22.7 Å². The summed E-state index contributed by atoms with van der Waals surface area (Å²) in [6.45, 7) is 2.66. The van der Waals surface area contributed by atoms with Crippen LogP contribution in [0.25, 0.3) is 0 Å². The monoisotopic (exact) mass is 394 g/mol. The van der Waals surface area contributed by atoms with Gasteiger partial charge in [0.25, 0.3) is 11.8 Å². The van der Waals surface area contributed by atoms with Crippen LogP contribution in [0.3, 0.4) is 0 Å². The summed E-state index contributed by atoms with van der Waals surface area (Å²) in [4.78, 5) is 34.7. The number of fused-ring (bicyclic) bond motifs is 1. The van der Waals surface area contributed by atoms with Gasteiger partial charge < -0.3 is 10.1 Å². The van der Waals surface area contributed by atoms with Gasteiger partial charge in [0.1, 0.15) is 16.5 Å². The normalized spacial score (nSPS) is 13.0. The molecule has 4 rings (SSSR count). The minimum absolute atomic E-state index is 0.000281. The number of nitrogens with one attached hydrogen (secondary N) is 1. The van der Waals surface area contributed by atoms with Crippen molar-refractivity contribution < 1.29 is 14.3 Å². The molecule has 28 heavy (non-hydrogen) atoms. The number of benzene rings is 1. The van der Waals surface area contributed by atoms with Gasteiger partial charge in [-0.15, -0.1) is 11.3 Å². The Morgan fingerprint density at radius 1 is 1.36 bits per heavy atom. The van der Waals surface area contributed by atoms with E-state index in [2.05, 4.69) is 15.3 Å². The van der Waals surface area contributed by atoms with Gasteiger partial charge in [0.2, 0.25) is 0 Å². The molecule has 2 amide bonds. The molecule has 2 aromatic heterocycles. The van der Waals surface area contributed by atoms with Gasteiger partial charge >= 0.3 is 0 Å². The Balaban J connectivity index is 1.45. The van der Waals surface area contributed by atoms with Crippen molar-refractivity contribution in [3.8, 4) is 5.75 Å². The van der Waals surface area contributed by atoms with E-state index in [0.717, 1.165) is 16.8 Å². The molecule has 3 heterocycles. The number of ether oxygens (including phenoxy) is 1. The van der Waals surface area contributed by atoms with Gasteiger partial charge in [0.05, 0.1) is 12.2 Å². The van der Waals surface area contributed by atoms with E-state index in [1.807, 2.05) is 37.3 Å². The average molecular weight is 394 g/mol. The first kappa shape index (κ1) is 18.1. The van der Waals surface area contributed by atoms with Crippen molar-refractivity contribution in [2.75, 3.05) is 11.5 Å². The fourth-order valence-corrected chi connectivity index (χ4v) is 3.65. The molecule has 1 N–H and O–H groups in total. The van der Waals surface area contributed by atoms with Crippen LogP contribution in [0.2, 0.25) is 0 Å². The lowest BCUT2D eigenvalue weighted by Crippen LogP contribution is -2.38. The van der Waals surface area contributed by atoms with Crippen LogP contribution in [0, 0.1) is 6.92 Å². The highest BCUT2D eigenvalue weighted by Gasteiger charge is 2.26. The van der Waals surface area contributed by atoms with Crippen molar-refractivity contribution >= 4 is 28.8 Å². The van der Waals surface area contributed by atoms with Gasteiger partial charge in [-0.1, -0.05) is 12.1 Å². The maximum atomic E-state index is 12.3. The van der Waals surface area contributed by atoms with Crippen LogP contribution >= 0.6 is 11.3 Å². The topological polar surface area (TPSA) is 84.4 Å². The maximum absolute atomic E-state index is 12.3. The summed E-state index contributed by atoms with van der Waals surface area (Å²) in [5.74, 6) is 0.301. The van der Waals surface area contributed by atoms with Crippen molar-refractivity contribution in [1.29, 1.82) is 0 Å². The first-order valence-electron chi connectivity index (χ1n) is 8.75. The molecule has 0 saturated heterocycles. The molecule has 3 aromatic rings. The minimum atomic E-state index is -0.254. The van der Waals surface area contributed by atoms with Crippen LogP contribution in [0.15, 0.2) is 48.1 Å². The Hall–Kier alpha value is -3.26. The zero-order chi connectivity index (χ0) is 19.5. The van der Waals surface area contributed by atoms with E-state index < -0.39 is 0 Å². The predicted octanol–water partition coefficient (Wildman–Crippen LogP) is 2.70. The molecule has 0 fully saturated rings. The van der Waals surface area contributed by atoms with Crippen molar-refractivity contribution in [3.05, 3.63) is 69.9 Å². The van der Waals surface area contributed by atoms with Gasteiger partial charge in [-0.05, 0) is 36.2 Å². The number of aromatic nitrogens is 2.